The summed E-state index contributed by atoms with van der Waals surface area (Å²) in [5, 5.41) is 8.42. The number of nitrogens with zero attached hydrogens (tertiary/aromatic N) is 3. The molecule has 2 heterocycles. The highest BCUT2D eigenvalue weighted by Gasteiger charge is 2.27. The summed E-state index contributed by atoms with van der Waals surface area (Å²) in [4.78, 5) is 25.4. The van der Waals surface area contributed by atoms with E-state index in [0.717, 1.165) is 24.0 Å². The molecule has 1 aliphatic heterocycles. The molecule has 1 atom stereocenters. The maximum atomic E-state index is 12.4. The molecular formula is C18H22N4O3S. The van der Waals surface area contributed by atoms with Crippen LogP contribution in [0.2, 0.25) is 0 Å². The number of nitrogens with two attached hydrogens (primary N) is 1. The Hall–Kier alpha value is -2.35. The van der Waals surface area contributed by atoms with Gasteiger partial charge in [0.05, 0.1) is 11.7 Å². The maximum Gasteiger partial charge on any atom is 0.277 e. The van der Waals surface area contributed by atoms with Gasteiger partial charge in [0.15, 0.2) is 0 Å². The molecule has 0 bridgehead atoms. The van der Waals surface area contributed by atoms with Crippen LogP contribution in [-0.2, 0) is 9.59 Å². The van der Waals surface area contributed by atoms with Crippen molar-refractivity contribution < 1.29 is 14.0 Å². The molecule has 26 heavy (non-hydrogen) atoms. The Labute approximate surface area is 156 Å². The number of carbonyl (C=O) groups is 2. The first-order valence-corrected chi connectivity index (χ1v) is 9.53. The summed E-state index contributed by atoms with van der Waals surface area (Å²) < 4.78 is 5.66. The van der Waals surface area contributed by atoms with Crippen LogP contribution in [0, 0.1) is 19.8 Å². The predicted octanol–water partition coefficient (Wildman–Crippen LogP) is 2.17. The molecule has 0 aliphatic carbocycles. The summed E-state index contributed by atoms with van der Waals surface area (Å²) in [5.74, 6) is -0.00990. The monoisotopic (exact) mass is 374 g/mol. The lowest BCUT2D eigenvalue weighted by Gasteiger charge is -2.31. The van der Waals surface area contributed by atoms with Crippen LogP contribution in [0.1, 0.15) is 24.0 Å². The smallest absolute Gasteiger partial charge is 0.277 e. The lowest BCUT2D eigenvalue weighted by molar-refractivity contribution is -0.132. The highest BCUT2D eigenvalue weighted by molar-refractivity contribution is 7.99. The molecule has 1 saturated heterocycles. The van der Waals surface area contributed by atoms with Crippen molar-refractivity contribution >= 4 is 23.6 Å². The number of aromatic nitrogens is 2. The third-order valence-corrected chi connectivity index (χ3v) is 5.46. The average molecular weight is 374 g/mol. The fourth-order valence-electron chi connectivity index (χ4n) is 2.91. The predicted molar refractivity (Wildman–Crippen MR) is 98.4 cm³/mol. The minimum Gasteiger partial charge on any atom is -0.411 e. The first-order valence-electron chi connectivity index (χ1n) is 8.55. The van der Waals surface area contributed by atoms with Crippen LogP contribution in [0.5, 0.6) is 0 Å². The number of aryl methyl sites for hydroxylation is 2. The normalized spacial score (nSPS) is 17.3. The van der Waals surface area contributed by atoms with E-state index < -0.39 is 0 Å². The van der Waals surface area contributed by atoms with Gasteiger partial charge in [-0.05, 0) is 49.9 Å². The minimum absolute atomic E-state index is 0.0492. The molecule has 0 spiro atoms. The van der Waals surface area contributed by atoms with Gasteiger partial charge in [0.2, 0.25) is 17.7 Å². The Bertz CT molecular complexity index is 821. The van der Waals surface area contributed by atoms with E-state index in [1.165, 1.54) is 17.3 Å². The van der Waals surface area contributed by atoms with Gasteiger partial charge in [-0.15, -0.1) is 10.2 Å². The number of hydrogen-bond donors (Lipinski definition) is 1. The van der Waals surface area contributed by atoms with Gasteiger partial charge in [-0.3, -0.25) is 9.59 Å². The lowest BCUT2D eigenvalue weighted by atomic mass is 9.97. The van der Waals surface area contributed by atoms with Gasteiger partial charge in [0, 0.05) is 18.7 Å². The van der Waals surface area contributed by atoms with Gasteiger partial charge in [0.25, 0.3) is 5.22 Å². The van der Waals surface area contributed by atoms with Gasteiger partial charge in [-0.25, -0.2) is 0 Å². The third-order valence-electron chi connectivity index (χ3n) is 4.66. The Morgan fingerprint density at radius 3 is 2.85 bits per heavy atom. The van der Waals surface area contributed by atoms with Crippen LogP contribution >= 0.6 is 11.8 Å². The van der Waals surface area contributed by atoms with Crippen LogP contribution in [-0.4, -0.2) is 45.8 Å². The minimum atomic E-state index is -0.343. The molecule has 2 amide bonds. The van der Waals surface area contributed by atoms with Crippen LogP contribution in [0.25, 0.3) is 11.5 Å². The topological polar surface area (TPSA) is 102 Å². The standard InChI is InChI=1S/C18H22N4O3S/c1-11-5-6-13(8-12(11)2)17-20-21-18(25-17)26-10-15(23)22-7-3-4-14(9-22)16(19)24/h5-6,8,14H,3-4,7,9-10H2,1-2H3,(H2,19,24). The van der Waals surface area contributed by atoms with Crippen molar-refractivity contribution in [3.63, 3.8) is 0 Å². The van der Waals surface area contributed by atoms with Crippen molar-refractivity contribution in [1.82, 2.24) is 15.1 Å². The molecule has 138 valence electrons. The highest BCUT2D eigenvalue weighted by Crippen LogP contribution is 2.25. The third kappa shape index (κ3) is 4.24. The second-order valence-corrected chi connectivity index (χ2v) is 7.47. The molecule has 1 aliphatic rings. The van der Waals surface area contributed by atoms with E-state index >= 15 is 0 Å². The summed E-state index contributed by atoms with van der Waals surface area (Å²) in [6.45, 7) is 5.12. The number of rotatable bonds is 5. The number of primary amides is 1. The Morgan fingerprint density at radius 2 is 2.12 bits per heavy atom. The zero-order chi connectivity index (χ0) is 18.7. The Morgan fingerprint density at radius 1 is 1.31 bits per heavy atom. The molecule has 0 saturated carbocycles. The van der Waals surface area contributed by atoms with E-state index in [2.05, 4.69) is 10.2 Å². The van der Waals surface area contributed by atoms with E-state index in [-0.39, 0.29) is 23.5 Å². The SMILES string of the molecule is Cc1ccc(-c2nnc(SCC(=O)N3CCCC(C(N)=O)C3)o2)cc1C. The number of hydrogen-bond acceptors (Lipinski definition) is 6. The van der Waals surface area contributed by atoms with E-state index in [9.17, 15) is 9.59 Å². The van der Waals surface area contributed by atoms with Gasteiger partial charge in [-0.2, -0.15) is 0 Å². The Balaban J connectivity index is 1.58. The highest BCUT2D eigenvalue weighted by atomic mass is 32.2. The van der Waals surface area contributed by atoms with Crippen molar-refractivity contribution in [3.8, 4) is 11.5 Å². The molecule has 0 radical (unpaired) electrons. The molecule has 7 nitrogen and oxygen atoms in total. The van der Waals surface area contributed by atoms with E-state index in [1.807, 2.05) is 32.0 Å². The molecule has 2 aromatic rings. The van der Waals surface area contributed by atoms with Crippen LogP contribution in [0.15, 0.2) is 27.8 Å². The van der Waals surface area contributed by atoms with Crippen molar-refractivity contribution in [2.45, 2.75) is 31.9 Å². The van der Waals surface area contributed by atoms with Gasteiger partial charge in [-0.1, -0.05) is 17.8 Å². The molecule has 3 rings (SSSR count). The van der Waals surface area contributed by atoms with Crippen molar-refractivity contribution in [3.05, 3.63) is 29.3 Å². The second kappa shape index (κ2) is 7.90. The molecule has 1 aromatic heterocycles. The summed E-state index contributed by atoms with van der Waals surface area (Å²) in [6.07, 6.45) is 1.54. The fourth-order valence-corrected chi connectivity index (χ4v) is 3.58. The van der Waals surface area contributed by atoms with Crippen LogP contribution < -0.4 is 5.73 Å². The van der Waals surface area contributed by atoms with Gasteiger partial charge < -0.3 is 15.1 Å². The first-order chi connectivity index (χ1) is 12.4. The molecule has 8 heteroatoms. The van der Waals surface area contributed by atoms with E-state index in [1.54, 1.807) is 4.90 Å². The zero-order valence-electron chi connectivity index (χ0n) is 14.9. The summed E-state index contributed by atoms with van der Waals surface area (Å²) in [6, 6.07) is 5.95. The number of amides is 2. The average Bonchev–Trinajstić information content (AvgIpc) is 3.11. The quantitative estimate of drug-likeness (QED) is 0.805. The summed E-state index contributed by atoms with van der Waals surface area (Å²) >= 11 is 1.21. The van der Waals surface area contributed by atoms with Gasteiger partial charge >= 0.3 is 0 Å². The maximum absolute atomic E-state index is 12.4. The number of piperidine rings is 1. The molecular weight excluding hydrogens is 352 g/mol. The molecule has 1 aromatic carbocycles. The van der Waals surface area contributed by atoms with Crippen molar-refractivity contribution in [2.75, 3.05) is 18.8 Å². The fraction of sp³-hybridized carbons (Fsp3) is 0.444. The number of thioether (sulfide) groups is 1. The summed E-state index contributed by atoms with van der Waals surface area (Å²) in [7, 11) is 0. The van der Waals surface area contributed by atoms with Crippen LogP contribution in [0.3, 0.4) is 0 Å². The number of carbonyl (C=O) groups excluding carboxylic acids is 2. The molecule has 1 fully saturated rings. The lowest BCUT2D eigenvalue weighted by Crippen LogP contribution is -2.44. The van der Waals surface area contributed by atoms with E-state index in [4.69, 9.17) is 10.2 Å². The van der Waals surface area contributed by atoms with Crippen molar-refractivity contribution in [1.29, 1.82) is 0 Å². The largest absolute Gasteiger partial charge is 0.411 e. The molecule has 1 unspecified atom stereocenters. The number of likely N-dealkylation sites (tertiary alicyclic amines) is 1. The van der Waals surface area contributed by atoms with E-state index in [0.29, 0.717) is 24.2 Å². The number of benzene rings is 1. The zero-order valence-corrected chi connectivity index (χ0v) is 15.7. The Kier molecular flexibility index (Phi) is 5.61. The molecule has 2 N–H and O–H groups in total. The second-order valence-electron chi connectivity index (χ2n) is 6.54. The first kappa shape index (κ1) is 18.4. The summed E-state index contributed by atoms with van der Waals surface area (Å²) in [5.41, 5.74) is 8.57. The van der Waals surface area contributed by atoms with Gasteiger partial charge in [0.1, 0.15) is 0 Å². The van der Waals surface area contributed by atoms with Crippen LogP contribution in [0.4, 0.5) is 0 Å². The van der Waals surface area contributed by atoms with Crippen molar-refractivity contribution in [2.24, 2.45) is 11.7 Å².